The number of urea groups is 1. The number of para-hydroxylation sites is 1. The van der Waals surface area contributed by atoms with Crippen LogP contribution in [0.2, 0.25) is 0 Å². The molecule has 4 atom stereocenters. The highest BCUT2D eigenvalue weighted by molar-refractivity contribution is 7.99. The summed E-state index contributed by atoms with van der Waals surface area (Å²) in [7, 11) is 0. The average molecular weight is 757 g/mol. The first-order chi connectivity index (χ1) is 26.9. The Kier molecular flexibility index (Phi) is 10.2. The van der Waals surface area contributed by atoms with Crippen molar-refractivity contribution in [1.82, 2.24) is 30.8 Å². The van der Waals surface area contributed by atoms with Gasteiger partial charge in [-0.15, -0.1) is 5.10 Å². The van der Waals surface area contributed by atoms with Gasteiger partial charge in [0.25, 0.3) is 0 Å². The molecule has 11 heteroatoms. The summed E-state index contributed by atoms with van der Waals surface area (Å²) >= 11 is 1.56. The van der Waals surface area contributed by atoms with Crippen molar-refractivity contribution in [3.63, 3.8) is 0 Å². The van der Waals surface area contributed by atoms with E-state index < -0.39 is 6.29 Å². The minimum absolute atomic E-state index is 0.0114. The van der Waals surface area contributed by atoms with Gasteiger partial charge >= 0.3 is 6.03 Å². The molecule has 0 spiro atoms. The SMILES string of the molecule is CC1C(CSc2nnnn2-c2ccccc2)OC(c2cccc(-c3cccc(CNC(=O)NC45CC6CC(CC(C6)C4)C5)c3)c2)OC1c1ccc(CO)cc1. The van der Waals surface area contributed by atoms with Crippen LogP contribution in [0.15, 0.2) is 108 Å². The Hall–Kier alpha value is -4.55. The number of rotatable bonds is 11. The van der Waals surface area contributed by atoms with Crippen molar-refractivity contribution >= 4 is 17.8 Å². The Balaban J connectivity index is 0.908. The number of nitrogens with one attached hydrogen (secondary N) is 2. The maximum absolute atomic E-state index is 13.2. The number of amides is 2. The molecular formula is C44H48N6O4S. The molecule has 55 heavy (non-hydrogen) atoms. The summed E-state index contributed by atoms with van der Waals surface area (Å²) in [4.78, 5) is 13.2. The molecule has 10 nitrogen and oxygen atoms in total. The first-order valence-electron chi connectivity index (χ1n) is 19.6. The van der Waals surface area contributed by atoms with Crippen LogP contribution in [-0.2, 0) is 22.6 Å². The van der Waals surface area contributed by atoms with Crippen molar-refractivity contribution in [2.75, 3.05) is 5.75 Å². The number of carbonyl (C=O) groups excluding carboxylic acids is 1. The summed E-state index contributed by atoms with van der Waals surface area (Å²) in [5.74, 6) is 2.98. The molecule has 10 rings (SSSR count). The van der Waals surface area contributed by atoms with Crippen molar-refractivity contribution in [3.8, 4) is 16.8 Å². The lowest BCUT2D eigenvalue weighted by atomic mass is 9.53. The molecule has 4 aromatic carbocycles. The quantitative estimate of drug-likeness (QED) is 0.115. The summed E-state index contributed by atoms with van der Waals surface area (Å²) in [6.07, 6.45) is 6.42. The third-order valence-electron chi connectivity index (χ3n) is 12.2. The zero-order chi connectivity index (χ0) is 37.4. The minimum atomic E-state index is -0.618. The van der Waals surface area contributed by atoms with Gasteiger partial charge in [-0.25, -0.2) is 4.79 Å². The van der Waals surface area contributed by atoms with Gasteiger partial charge < -0.3 is 25.2 Å². The molecule has 1 aliphatic heterocycles. The van der Waals surface area contributed by atoms with Gasteiger partial charge in [0, 0.05) is 29.3 Å². The van der Waals surface area contributed by atoms with E-state index in [1.807, 2.05) is 66.7 Å². The summed E-state index contributed by atoms with van der Waals surface area (Å²) in [6, 6.07) is 34.5. The van der Waals surface area contributed by atoms with Crippen LogP contribution in [0.5, 0.6) is 0 Å². The van der Waals surface area contributed by atoms with Gasteiger partial charge in [-0.05, 0) is 119 Å². The van der Waals surface area contributed by atoms with Crippen LogP contribution in [0.3, 0.4) is 0 Å². The number of thioether (sulfide) groups is 1. The molecule has 4 unspecified atom stereocenters. The molecule has 4 aliphatic carbocycles. The highest BCUT2D eigenvalue weighted by Crippen LogP contribution is 2.55. The van der Waals surface area contributed by atoms with Gasteiger partial charge in [0.15, 0.2) is 6.29 Å². The average Bonchev–Trinajstić information content (AvgIpc) is 3.68. The largest absolute Gasteiger partial charge is 0.392 e. The van der Waals surface area contributed by atoms with E-state index in [2.05, 4.69) is 69.5 Å². The van der Waals surface area contributed by atoms with Gasteiger partial charge in [0.05, 0.1) is 24.5 Å². The summed E-state index contributed by atoms with van der Waals surface area (Å²) in [6.45, 7) is 2.61. The van der Waals surface area contributed by atoms with Crippen LogP contribution in [0, 0.1) is 23.7 Å². The van der Waals surface area contributed by atoms with Gasteiger partial charge in [0.2, 0.25) is 5.16 Å². The number of hydrogen-bond donors (Lipinski definition) is 3. The molecule has 5 aliphatic rings. The third kappa shape index (κ3) is 7.80. The molecule has 5 fully saturated rings. The number of benzene rings is 4. The number of nitrogens with zero attached hydrogens (tertiary/aromatic N) is 4. The van der Waals surface area contributed by atoms with E-state index in [0.29, 0.717) is 17.5 Å². The molecule has 2 amide bonds. The van der Waals surface area contributed by atoms with E-state index in [9.17, 15) is 9.90 Å². The Morgan fingerprint density at radius 2 is 1.55 bits per heavy atom. The summed E-state index contributed by atoms with van der Waals surface area (Å²) in [5, 5.41) is 29.5. The molecular weight excluding hydrogens is 709 g/mol. The van der Waals surface area contributed by atoms with Crippen molar-refractivity contribution in [2.45, 2.75) is 87.8 Å². The van der Waals surface area contributed by atoms with E-state index in [1.165, 1.54) is 19.3 Å². The second kappa shape index (κ2) is 15.5. The van der Waals surface area contributed by atoms with Crippen LogP contribution >= 0.6 is 11.8 Å². The molecule has 1 aromatic heterocycles. The fourth-order valence-corrected chi connectivity index (χ4v) is 11.0. The molecule has 4 bridgehead atoms. The highest BCUT2D eigenvalue weighted by atomic mass is 32.2. The van der Waals surface area contributed by atoms with Crippen LogP contribution < -0.4 is 10.6 Å². The molecule has 4 saturated carbocycles. The predicted molar refractivity (Wildman–Crippen MR) is 211 cm³/mol. The first kappa shape index (κ1) is 36.1. The zero-order valence-corrected chi connectivity index (χ0v) is 31.9. The first-order valence-corrected chi connectivity index (χ1v) is 20.6. The number of hydrogen-bond acceptors (Lipinski definition) is 8. The standard InChI is InChI=1S/C44H48N6O4S/c1-28-39(27-55-43-47-48-49-50(43)38-11-3-2-4-12-38)53-41(54-40(28)34-15-13-29(26-51)14-16-34)37-10-6-9-36(21-37)35-8-5-7-30(20-35)25-45-42(52)46-44-22-31-17-32(23-44)19-33(18-31)24-44/h2-16,20-21,28,31-33,39-41,51H,17-19,22-27H2,1H3,(H2,45,46,52). The van der Waals surface area contributed by atoms with Crippen molar-refractivity contribution in [1.29, 1.82) is 0 Å². The fraction of sp³-hybridized carbons (Fsp3) is 0.409. The second-order valence-corrected chi connectivity index (χ2v) is 17.2. The highest BCUT2D eigenvalue weighted by Gasteiger charge is 2.51. The predicted octanol–water partition coefficient (Wildman–Crippen LogP) is 8.17. The van der Waals surface area contributed by atoms with Gasteiger partial charge in [-0.1, -0.05) is 97.5 Å². The Morgan fingerprint density at radius 1 is 0.836 bits per heavy atom. The van der Waals surface area contributed by atoms with E-state index >= 15 is 0 Å². The molecule has 2 heterocycles. The number of tetrazole rings is 1. The van der Waals surface area contributed by atoms with Gasteiger partial charge in [-0.3, -0.25) is 0 Å². The second-order valence-electron chi connectivity index (χ2n) is 16.2. The molecule has 1 saturated heterocycles. The summed E-state index contributed by atoms with van der Waals surface area (Å²) in [5.41, 5.74) is 6.84. The van der Waals surface area contributed by atoms with Crippen LogP contribution in [-0.4, -0.2) is 48.7 Å². The van der Waals surface area contributed by atoms with Crippen molar-refractivity contribution in [2.24, 2.45) is 23.7 Å². The smallest absolute Gasteiger partial charge is 0.315 e. The molecule has 5 aromatic rings. The molecule has 0 radical (unpaired) electrons. The lowest BCUT2D eigenvalue weighted by Crippen LogP contribution is -2.61. The van der Waals surface area contributed by atoms with Crippen molar-refractivity contribution in [3.05, 3.63) is 125 Å². The number of aromatic nitrogens is 4. The number of aliphatic hydroxyl groups is 1. The number of ether oxygens (including phenoxy) is 2. The Bertz CT molecular complexity index is 2070. The fourth-order valence-electron chi connectivity index (χ4n) is 9.92. The van der Waals surface area contributed by atoms with Crippen molar-refractivity contribution < 1.29 is 19.4 Å². The third-order valence-corrected chi connectivity index (χ3v) is 13.2. The minimum Gasteiger partial charge on any atom is -0.392 e. The zero-order valence-electron chi connectivity index (χ0n) is 31.1. The van der Waals surface area contributed by atoms with Gasteiger partial charge in [0.1, 0.15) is 0 Å². The topological polar surface area (TPSA) is 123 Å². The van der Waals surface area contributed by atoms with Crippen LogP contribution in [0.25, 0.3) is 16.8 Å². The monoisotopic (exact) mass is 756 g/mol. The van der Waals surface area contributed by atoms with Crippen LogP contribution in [0.1, 0.15) is 80.1 Å². The van der Waals surface area contributed by atoms with Gasteiger partial charge in [-0.2, -0.15) is 4.68 Å². The lowest BCUT2D eigenvalue weighted by molar-refractivity contribution is -0.268. The Labute approximate surface area is 326 Å². The molecule has 3 N–H and O–H groups in total. The maximum Gasteiger partial charge on any atom is 0.315 e. The molecule has 284 valence electrons. The van der Waals surface area contributed by atoms with E-state index in [0.717, 1.165) is 76.1 Å². The lowest BCUT2D eigenvalue weighted by Gasteiger charge is -2.56. The van der Waals surface area contributed by atoms with E-state index in [4.69, 9.17) is 9.47 Å². The van der Waals surface area contributed by atoms with E-state index in [-0.39, 0.29) is 36.3 Å². The number of carbonyl (C=O) groups is 1. The Morgan fingerprint density at radius 3 is 2.27 bits per heavy atom. The maximum atomic E-state index is 13.2. The summed E-state index contributed by atoms with van der Waals surface area (Å²) < 4.78 is 15.3. The normalized spacial score (nSPS) is 28.2. The van der Waals surface area contributed by atoms with E-state index in [1.54, 1.807) is 16.4 Å². The number of aliphatic hydroxyl groups excluding tert-OH is 1. The van der Waals surface area contributed by atoms with Crippen LogP contribution in [0.4, 0.5) is 4.79 Å².